The molecule has 31 heavy (non-hydrogen) atoms. The second-order valence-electron chi connectivity index (χ2n) is 6.57. The number of fused-ring (bicyclic) bond motifs is 3. The van der Waals surface area contributed by atoms with Gasteiger partial charge in [0.05, 0.1) is 17.8 Å². The molecule has 0 spiro atoms. The van der Waals surface area contributed by atoms with Gasteiger partial charge in [-0.3, -0.25) is 18.6 Å². The largest absolute Gasteiger partial charge is 0.325 e. The molecule has 0 aliphatic rings. The number of hydrogen-bond donors (Lipinski definition) is 1. The van der Waals surface area contributed by atoms with Crippen LogP contribution in [-0.4, -0.2) is 30.8 Å². The molecule has 0 unspecified atom stereocenters. The quantitative estimate of drug-likeness (QED) is 0.378. The molecule has 0 radical (unpaired) electrons. The molecule has 0 saturated carbocycles. The molecule has 4 aromatic heterocycles. The number of carbonyl (C=O) groups excluding carboxylic acids is 1. The number of thioether (sulfide) groups is 1. The summed E-state index contributed by atoms with van der Waals surface area (Å²) in [4.78, 5) is 26.4. The first-order valence-electron chi connectivity index (χ1n) is 9.16. The number of rotatable bonds is 6. The van der Waals surface area contributed by atoms with Gasteiger partial charge in [0.25, 0.3) is 5.56 Å². The summed E-state index contributed by atoms with van der Waals surface area (Å²) in [6.45, 7) is 0.404. The van der Waals surface area contributed by atoms with Crippen molar-refractivity contribution in [3.8, 4) is 0 Å². The van der Waals surface area contributed by atoms with Crippen LogP contribution in [0.4, 0.5) is 10.1 Å². The van der Waals surface area contributed by atoms with Gasteiger partial charge in [-0.25, -0.2) is 4.39 Å². The molecule has 0 saturated heterocycles. The Balaban J connectivity index is 1.46. The lowest BCUT2D eigenvalue weighted by molar-refractivity contribution is -0.113. The summed E-state index contributed by atoms with van der Waals surface area (Å²) in [6.07, 6.45) is 0. The fourth-order valence-electron chi connectivity index (χ4n) is 3.15. The van der Waals surface area contributed by atoms with E-state index in [1.54, 1.807) is 15.9 Å². The van der Waals surface area contributed by atoms with Crippen LogP contribution < -0.4 is 10.9 Å². The minimum Gasteiger partial charge on any atom is -0.325 e. The van der Waals surface area contributed by atoms with Crippen molar-refractivity contribution in [3.05, 3.63) is 74.3 Å². The highest BCUT2D eigenvalue weighted by Crippen LogP contribution is 2.25. The SMILES string of the molecule is O=C(CSc1nnc2n(Cc3cccs3)c(=O)c3sccc3n12)Nc1ccc(F)cc1. The van der Waals surface area contributed by atoms with Gasteiger partial charge in [0.15, 0.2) is 5.16 Å². The number of thiophene rings is 2. The summed E-state index contributed by atoms with van der Waals surface area (Å²) in [6, 6.07) is 11.3. The molecule has 4 heterocycles. The lowest BCUT2D eigenvalue weighted by atomic mass is 10.3. The molecule has 1 amide bonds. The predicted octanol–water partition coefficient (Wildman–Crippen LogP) is 4.09. The number of aromatic nitrogens is 4. The lowest BCUT2D eigenvalue weighted by Crippen LogP contribution is -2.22. The summed E-state index contributed by atoms with van der Waals surface area (Å²) < 4.78 is 17.1. The van der Waals surface area contributed by atoms with Gasteiger partial charge in [-0.2, -0.15) is 0 Å². The maximum Gasteiger partial charge on any atom is 0.273 e. The highest BCUT2D eigenvalue weighted by atomic mass is 32.2. The molecule has 0 bridgehead atoms. The molecule has 5 rings (SSSR count). The first-order chi connectivity index (χ1) is 15.1. The van der Waals surface area contributed by atoms with Gasteiger partial charge in [0.1, 0.15) is 10.5 Å². The third kappa shape index (κ3) is 3.87. The average Bonchev–Trinajstić information content (AvgIpc) is 3.51. The summed E-state index contributed by atoms with van der Waals surface area (Å²) in [5, 5.41) is 15.6. The molecule has 1 N–H and O–H groups in total. The van der Waals surface area contributed by atoms with Gasteiger partial charge in [0.2, 0.25) is 11.7 Å². The number of anilines is 1. The highest BCUT2D eigenvalue weighted by molar-refractivity contribution is 7.99. The molecule has 11 heteroatoms. The van der Waals surface area contributed by atoms with E-state index >= 15 is 0 Å². The average molecular weight is 472 g/mol. The Morgan fingerprint density at radius 3 is 2.71 bits per heavy atom. The first kappa shape index (κ1) is 19.9. The third-order valence-electron chi connectivity index (χ3n) is 4.54. The Kier molecular flexibility index (Phi) is 5.30. The van der Waals surface area contributed by atoms with E-state index in [4.69, 9.17) is 0 Å². The van der Waals surface area contributed by atoms with E-state index in [1.165, 1.54) is 47.4 Å². The van der Waals surface area contributed by atoms with Crippen molar-refractivity contribution in [2.75, 3.05) is 11.1 Å². The van der Waals surface area contributed by atoms with E-state index in [-0.39, 0.29) is 23.0 Å². The summed E-state index contributed by atoms with van der Waals surface area (Å²) in [5.41, 5.74) is 1.13. The summed E-state index contributed by atoms with van der Waals surface area (Å²) in [7, 11) is 0. The van der Waals surface area contributed by atoms with E-state index in [1.807, 2.05) is 33.4 Å². The van der Waals surface area contributed by atoms with Gasteiger partial charge in [0, 0.05) is 10.6 Å². The number of hydrogen-bond acceptors (Lipinski definition) is 7. The fourth-order valence-corrected chi connectivity index (χ4v) is 5.41. The number of halogens is 1. The summed E-state index contributed by atoms with van der Waals surface area (Å²) in [5.74, 6) is -0.0864. The minimum absolute atomic E-state index is 0.0911. The second kappa shape index (κ2) is 8.25. The van der Waals surface area contributed by atoms with E-state index in [0.29, 0.717) is 27.9 Å². The molecule has 0 fully saturated rings. The van der Waals surface area contributed by atoms with Crippen molar-refractivity contribution in [2.45, 2.75) is 11.7 Å². The number of amides is 1. The molecular weight excluding hydrogens is 457 g/mol. The predicted molar refractivity (Wildman–Crippen MR) is 122 cm³/mol. The van der Waals surface area contributed by atoms with Crippen LogP contribution in [0.25, 0.3) is 16.0 Å². The highest BCUT2D eigenvalue weighted by Gasteiger charge is 2.19. The van der Waals surface area contributed by atoms with Gasteiger partial charge in [-0.1, -0.05) is 17.8 Å². The number of nitrogens with one attached hydrogen (secondary N) is 1. The van der Waals surface area contributed by atoms with Crippen LogP contribution in [0.1, 0.15) is 4.88 Å². The third-order valence-corrected chi connectivity index (χ3v) is 7.22. The van der Waals surface area contributed by atoms with Crippen molar-refractivity contribution in [1.82, 2.24) is 19.2 Å². The van der Waals surface area contributed by atoms with Gasteiger partial charge >= 0.3 is 0 Å². The monoisotopic (exact) mass is 471 g/mol. The number of carbonyl (C=O) groups is 1. The first-order valence-corrected chi connectivity index (χ1v) is 11.9. The topological polar surface area (TPSA) is 81.3 Å². The molecule has 7 nitrogen and oxygen atoms in total. The van der Waals surface area contributed by atoms with Gasteiger partial charge in [-0.05, 0) is 47.2 Å². The Bertz CT molecular complexity index is 1440. The summed E-state index contributed by atoms with van der Waals surface area (Å²) >= 11 is 4.16. The zero-order valence-electron chi connectivity index (χ0n) is 15.8. The smallest absolute Gasteiger partial charge is 0.273 e. The van der Waals surface area contributed by atoms with Crippen LogP contribution in [0.2, 0.25) is 0 Å². The van der Waals surface area contributed by atoms with Crippen LogP contribution >= 0.6 is 34.4 Å². The molecular formula is C20H14FN5O2S3. The standard InChI is InChI=1S/C20H14FN5O2S3/c21-12-3-5-13(6-4-12)22-16(27)11-31-20-24-23-19-25(10-14-2-1-8-29-14)18(28)17-15(26(19)20)7-9-30-17/h1-9H,10-11H2,(H,22,27). The molecule has 5 aromatic rings. The van der Waals surface area contributed by atoms with Crippen molar-refractivity contribution in [1.29, 1.82) is 0 Å². The maximum absolute atomic E-state index is 13.0. The molecule has 0 atom stereocenters. The van der Waals surface area contributed by atoms with E-state index in [9.17, 15) is 14.0 Å². The van der Waals surface area contributed by atoms with Crippen molar-refractivity contribution in [2.24, 2.45) is 0 Å². The molecule has 0 aliphatic heterocycles. The van der Waals surface area contributed by atoms with Crippen LogP contribution in [0.3, 0.4) is 0 Å². The Labute approximate surface area is 187 Å². The van der Waals surface area contributed by atoms with E-state index in [2.05, 4.69) is 15.5 Å². The second-order valence-corrected chi connectivity index (χ2v) is 9.46. The van der Waals surface area contributed by atoms with Gasteiger partial charge in [-0.15, -0.1) is 32.9 Å². The Morgan fingerprint density at radius 2 is 1.94 bits per heavy atom. The zero-order valence-corrected chi connectivity index (χ0v) is 18.3. The van der Waals surface area contributed by atoms with Crippen LogP contribution in [0.5, 0.6) is 0 Å². The Morgan fingerprint density at radius 1 is 1.10 bits per heavy atom. The maximum atomic E-state index is 13.0. The van der Waals surface area contributed by atoms with Crippen LogP contribution in [0.15, 0.2) is 63.2 Å². The number of nitrogens with zero attached hydrogens (tertiary/aromatic N) is 4. The fraction of sp³-hybridized carbons (Fsp3) is 0.100. The lowest BCUT2D eigenvalue weighted by Gasteiger charge is -2.08. The van der Waals surface area contributed by atoms with Gasteiger partial charge < -0.3 is 5.32 Å². The Hall–Kier alpha value is -3.02. The van der Waals surface area contributed by atoms with Crippen LogP contribution in [-0.2, 0) is 11.3 Å². The normalized spacial score (nSPS) is 11.4. The van der Waals surface area contributed by atoms with Crippen molar-refractivity contribution >= 4 is 62.0 Å². The number of benzene rings is 1. The molecule has 0 aliphatic carbocycles. The van der Waals surface area contributed by atoms with E-state index < -0.39 is 0 Å². The van der Waals surface area contributed by atoms with Crippen molar-refractivity contribution in [3.63, 3.8) is 0 Å². The molecule has 156 valence electrons. The van der Waals surface area contributed by atoms with E-state index in [0.717, 1.165) is 10.4 Å². The minimum atomic E-state index is -0.365. The zero-order chi connectivity index (χ0) is 21.4. The molecule has 1 aromatic carbocycles. The van der Waals surface area contributed by atoms with Crippen molar-refractivity contribution < 1.29 is 9.18 Å². The van der Waals surface area contributed by atoms with Crippen LogP contribution in [0, 0.1) is 5.82 Å².